The molecule has 0 saturated heterocycles. The van der Waals surface area contributed by atoms with Crippen LogP contribution in [0.2, 0.25) is 0 Å². The Morgan fingerprint density at radius 1 is 1.21 bits per heavy atom. The SMILES string of the molecule is O=C(O)Nc1nnc(-c2cccc3cnncc23)s1. The zero-order chi connectivity index (χ0) is 13.2. The number of anilines is 1. The topological polar surface area (TPSA) is 101 Å². The van der Waals surface area contributed by atoms with E-state index < -0.39 is 6.09 Å². The Bertz CT molecular complexity index is 752. The van der Waals surface area contributed by atoms with Crippen LogP contribution in [-0.4, -0.2) is 31.6 Å². The molecule has 2 heterocycles. The van der Waals surface area contributed by atoms with Gasteiger partial charge in [-0.1, -0.05) is 29.5 Å². The van der Waals surface area contributed by atoms with E-state index >= 15 is 0 Å². The third-order valence-corrected chi connectivity index (χ3v) is 3.33. The molecule has 3 aromatic rings. The van der Waals surface area contributed by atoms with Gasteiger partial charge in [-0.05, 0) is 0 Å². The van der Waals surface area contributed by atoms with E-state index in [-0.39, 0.29) is 5.13 Å². The van der Waals surface area contributed by atoms with E-state index in [9.17, 15) is 4.79 Å². The Morgan fingerprint density at radius 3 is 2.89 bits per heavy atom. The van der Waals surface area contributed by atoms with Crippen molar-refractivity contribution in [3.8, 4) is 10.6 Å². The van der Waals surface area contributed by atoms with Crippen LogP contribution >= 0.6 is 11.3 Å². The van der Waals surface area contributed by atoms with E-state index in [2.05, 4.69) is 25.7 Å². The largest absolute Gasteiger partial charge is 0.465 e. The molecule has 0 aliphatic carbocycles. The lowest BCUT2D eigenvalue weighted by Gasteiger charge is -2.00. The minimum Gasteiger partial charge on any atom is -0.465 e. The minimum absolute atomic E-state index is 0.238. The van der Waals surface area contributed by atoms with Gasteiger partial charge in [0, 0.05) is 16.3 Å². The maximum Gasteiger partial charge on any atom is 0.411 e. The second-order valence-electron chi connectivity index (χ2n) is 3.64. The van der Waals surface area contributed by atoms with Crippen LogP contribution in [0.25, 0.3) is 21.3 Å². The van der Waals surface area contributed by atoms with Crippen molar-refractivity contribution in [1.82, 2.24) is 20.4 Å². The van der Waals surface area contributed by atoms with E-state index in [1.165, 1.54) is 11.3 Å². The molecule has 8 heteroatoms. The first-order chi connectivity index (χ1) is 9.24. The van der Waals surface area contributed by atoms with Gasteiger partial charge < -0.3 is 5.11 Å². The van der Waals surface area contributed by atoms with Gasteiger partial charge in [0.2, 0.25) is 5.13 Å². The normalized spacial score (nSPS) is 10.5. The van der Waals surface area contributed by atoms with Crippen molar-refractivity contribution in [3.63, 3.8) is 0 Å². The molecule has 7 nitrogen and oxygen atoms in total. The highest BCUT2D eigenvalue weighted by molar-refractivity contribution is 7.18. The van der Waals surface area contributed by atoms with Crippen LogP contribution in [0.15, 0.2) is 30.6 Å². The summed E-state index contributed by atoms with van der Waals surface area (Å²) in [5.41, 5.74) is 0.850. The van der Waals surface area contributed by atoms with E-state index in [4.69, 9.17) is 5.11 Å². The molecule has 2 aromatic heterocycles. The van der Waals surface area contributed by atoms with Gasteiger partial charge in [-0.2, -0.15) is 10.2 Å². The number of hydrogen-bond donors (Lipinski definition) is 2. The van der Waals surface area contributed by atoms with Crippen molar-refractivity contribution in [3.05, 3.63) is 30.6 Å². The summed E-state index contributed by atoms with van der Waals surface area (Å²) in [4.78, 5) is 10.5. The highest BCUT2D eigenvalue weighted by atomic mass is 32.1. The van der Waals surface area contributed by atoms with Gasteiger partial charge in [-0.3, -0.25) is 5.32 Å². The quantitative estimate of drug-likeness (QED) is 0.742. The van der Waals surface area contributed by atoms with Gasteiger partial charge in [0.1, 0.15) is 5.01 Å². The van der Waals surface area contributed by atoms with Crippen LogP contribution in [0, 0.1) is 0 Å². The molecule has 0 aliphatic heterocycles. The van der Waals surface area contributed by atoms with Crippen LogP contribution in [0.3, 0.4) is 0 Å². The lowest BCUT2D eigenvalue weighted by Crippen LogP contribution is -2.06. The van der Waals surface area contributed by atoms with Crippen LogP contribution in [0.5, 0.6) is 0 Å². The lowest BCUT2D eigenvalue weighted by atomic mass is 10.1. The monoisotopic (exact) mass is 273 g/mol. The van der Waals surface area contributed by atoms with Gasteiger partial charge >= 0.3 is 6.09 Å². The van der Waals surface area contributed by atoms with E-state index in [0.717, 1.165) is 16.3 Å². The van der Waals surface area contributed by atoms with E-state index in [1.807, 2.05) is 18.2 Å². The molecule has 94 valence electrons. The summed E-state index contributed by atoms with van der Waals surface area (Å²) < 4.78 is 0. The second kappa shape index (κ2) is 4.58. The van der Waals surface area contributed by atoms with Crippen LogP contribution in [0.1, 0.15) is 0 Å². The summed E-state index contributed by atoms with van der Waals surface area (Å²) in [5, 5.41) is 28.9. The molecule has 19 heavy (non-hydrogen) atoms. The van der Waals surface area contributed by atoms with E-state index in [1.54, 1.807) is 12.4 Å². The maximum absolute atomic E-state index is 10.5. The summed E-state index contributed by atoms with van der Waals surface area (Å²) in [5.74, 6) is 0. The van der Waals surface area contributed by atoms with Gasteiger partial charge in [0.15, 0.2) is 0 Å². The molecule has 0 aliphatic rings. The van der Waals surface area contributed by atoms with Crippen molar-refractivity contribution in [2.24, 2.45) is 0 Å². The number of carbonyl (C=O) groups is 1. The summed E-state index contributed by atoms with van der Waals surface area (Å²) in [6.45, 7) is 0. The fraction of sp³-hybridized carbons (Fsp3) is 0. The highest BCUT2D eigenvalue weighted by Crippen LogP contribution is 2.31. The molecule has 1 aromatic carbocycles. The van der Waals surface area contributed by atoms with Crippen LogP contribution in [0.4, 0.5) is 9.93 Å². The Hall–Kier alpha value is -2.61. The number of aromatic nitrogens is 4. The van der Waals surface area contributed by atoms with Crippen molar-refractivity contribution in [1.29, 1.82) is 0 Å². The number of nitrogens with one attached hydrogen (secondary N) is 1. The summed E-state index contributed by atoms with van der Waals surface area (Å²) in [6.07, 6.45) is 2.15. The molecule has 0 saturated carbocycles. The number of hydrogen-bond acceptors (Lipinski definition) is 6. The molecule has 0 fully saturated rings. The zero-order valence-corrected chi connectivity index (χ0v) is 10.3. The molecule has 2 N–H and O–H groups in total. The average Bonchev–Trinajstić information content (AvgIpc) is 2.85. The predicted octanol–water partition coefficient (Wildman–Crippen LogP) is 2.24. The molecule has 3 rings (SSSR count). The van der Waals surface area contributed by atoms with Crippen molar-refractivity contribution < 1.29 is 9.90 Å². The fourth-order valence-corrected chi connectivity index (χ4v) is 2.46. The molecule has 0 bridgehead atoms. The molecule has 0 spiro atoms. The van der Waals surface area contributed by atoms with Crippen molar-refractivity contribution in [2.45, 2.75) is 0 Å². The molecule has 0 unspecified atom stereocenters. The van der Waals surface area contributed by atoms with Crippen LogP contribution in [-0.2, 0) is 0 Å². The third kappa shape index (κ3) is 2.20. The number of amides is 1. The van der Waals surface area contributed by atoms with Gasteiger partial charge in [0.25, 0.3) is 0 Å². The van der Waals surface area contributed by atoms with Crippen molar-refractivity contribution >= 4 is 33.3 Å². The smallest absolute Gasteiger partial charge is 0.411 e. The van der Waals surface area contributed by atoms with Gasteiger partial charge in [-0.15, -0.1) is 10.2 Å². The maximum atomic E-state index is 10.5. The lowest BCUT2D eigenvalue weighted by molar-refractivity contribution is 0.209. The van der Waals surface area contributed by atoms with E-state index in [0.29, 0.717) is 5.01 Å². The first kappa shape index (κ1) is 11.5. The minimum atomic E-state index is -1.16. The predicted molar refractivity (Wildman–Crippen MR) is 70.1 cm³/mol. The van der Waals surface area contributed by atoms with Crippen LogP contribution < -0.4 is 5.32 Å². The molecular formula is C11H7N5O2S. The standard InChI is InChI=1S/C11H7N5O2S/c17-11(18)14-10-16-15-9(19-10)7-3-1-2-6-4-12-13-5-8(6)7/h1-5H,(H,14,16)(H,17,18). The number of nitrogens with zero attached hydrogens (tertiary/aromatic N) is 4. The van der Waals surface area contributed by atoms with Crippen molar-refractivity contribution in [2.75, 3.05) is 5.32 Å². The Balaban J connectivity index is 2.09. The third-order valence-electron chi connectivity index (χ3n) is 2.46. The first-order valence-electron chi connectivity index (χ1n) is 5.27. The Labute approximate surface area is 110 Å². The van der Waals surface area contributed by atoms with Gasteiger partial charge in [-0.25, -0.2) is 4.79 Å². The number of rotatable bonds is 2. The highest BCUT2D eigenvalue weighted by Gasteiger charge is 2.11. The number of benzene rings is 1. The summed E-state index contributed by atoms with van der Waals surface area (Å²) in [6, 6.07) is 5.69. The molecular weight excluding hydrogens is 266 g/mol. The fourth-order valence-electron chi connectivity index (χ4n) is 1.69. The summed E-state index contributed by atoms with van der Waals surface area (Å²) in [7, 11) is 0. The second-order valence-corrected chi connectivity index (χ2v) is 4.62. The molecule has 0 atom stereocenters. The summed E-state index contributed by atoms with van der Waals surface area (Å²) >= 11 is 1.17. The Morgan fingerprint density at radius 2 is 2.05 bits per heavy atom. The van der Waals surface area contributed by atoms with Gasteiger partial charge in [0.05, 0.1) is 12.4 Å². The average molecular weight is 273 g/mol. The Kier molecular flexibility index (Phi) is 2.76. The number of carboxylic acid groups (broad SMARTS) is 1. The number of fused-ring (bicyclic) bond motifs is 1. The molecule has 1 amide bonds. The first-order valence-corrected chi connectivity index (χ1v) is 6.09. The molecule has 0 radical (unpaired) electrons. The zero-order valence-electron chi connectivity index (χ0n) is 9.44.